The molecule has 9 heteroatoms. The van der Waals surface area contributed by atoms with E-state index in [1.165, 1.54) is 12.1 Å². The second kappa shape index (κ2) is 10.2. The Morgan fingerprint density at radius 2 is 1.81 bits per heavy atom. The third kappa shape index (κ3) is 6.22. The SMILES string of the molecule is CCOC(=O)COc1ccc(SCC2(C)SC(c3ccc(C(F)(F)F)cc3)=NC2C)cc1. The second-order valence-corrected chi connectivity index (χ2v) is 10.0. The summed E-state index contributed by atoms with van der Waals surface area (Å²) in [6.45, 7) is 6.07. The average molecular weight is 484 g/mol. The summed E-state index contributed by atoms with van der Waals surface area (Å²) in [6, 6.07) is 12.6. The van der Waals surface area contributed by atoms with Crippen LogP contribution in [0.15, 0.2) is 58.4 Å². The topological polar surface area (TPSA) is 47.9 Å². The third-order valence-corrected chi connectivity index (χ3v) is 8.01. The minimum atomic E-state index is -4.35. The van der Waals surface area contributed by atoms with Crippen molar-refractivity contribution in [1.82, 2.24) is 0 Å². The van der Waals surface area contributed by atoms with Crippen LogP contribution in [0.1, 0.15) is 31.9 Å². The molecule has 0 N–H and O–H groups in total. The molecule has 2 aromatic carbocycles. The van der Waals surface area contributed by atoms with Gasteiger partial charge in [0.1, 0.15) is 5.75 Å². The van der Waals surface area contributed by atoms with E-state index in [9.17, 15) is 18.0 Å². The Bertz CT molecular complexity index is 962. The molecule has 0 aliphatic carbocycles. The number of nitrogens with zero attached hydrogens (tertiary/aromatic N) is 1. The van der Waals surface area contributed by atoms with E-state index in [1.807, 2.05) is 19.1 Å². The van der Waals surface area contributed by atoms with Crippen molar-refractivity contribution in [2.75, 3.05) is 19.0 Å². The van der Waals surface area contributed by atoms with Gasteiger partial charge in [-0.05, 0) is 57.2 Å². The average Bonchev–Trinajstić information content (AvgIpc) is 3.06. The normalized spacial score (nSPS) is 20.7. The number of benzene rings is 2. The number of ether oxygens (including phenoxy) is 2. The van der Waals surface area contributed by atoms with Gasteiger partial charge in [0.05, 0.1) is 28.0 Å². The van der Waals surface area contributed by atoms with Gasteiger partial charge < -0.3 is 9.47 Å². The molecule has 2 atom stereocenters. The van der Waals surface area contributed by atoms with Crippen molar-refractivity contribution in [3.63, 3.8) is 0 Å². The molecule has 0 saturated carbocycles. The number of rotatable bonds is 8. The van der Waals surface area contributed by atoms with Crippen LogP contribution in [0.4, 0.5) is 13.2 Å². The zero-order chi connectivity index (χ0) is 23.4. The fourth-order valence-electron chi connectivity index (χ4n) is 2.93. The van der Waals surface area contributed by atoms with Crippen LogP contribution in [0.5, 0.6) is 5.75 Å². The van der Waals surface area contributed by atoms with Crippen molar-refractivity contribution < 1.29 is 27.4 Å². The lowest BCUT2D eigenvalue weighted by molar-refractivity contribution is -0.145. The number of thioether (sulfide) groups is 2. The molecule has 172 valence electrons. The predicted molar refractivity (Wildman–Crippen MR) is 123 cm³/mol. The first-order valence-electron chi connectivity index (χ1n) is 10.1. The minimum absolute atomic E-state index is 0.0180. The molecule has 0 radical (unpaired) electrons. The van der Waals surface area contributed by atoms with E-state index in [2.05, 4.69) is 6.92 Å². The largest absolute Gasteiger partial charge is 0.482 e. The number of carbonyl (C=O) groups excluding carboxylic acids is 1. The summed E-state index contributed by atoms with van der Waals surface area (Å²) in [7, 11) is 0. The van der Waals surface area contributed by atoms with E-state index >= 15 is 0 Å². The van der Waals surface area contributed by atoms with Gasteiger partial charge >= 0.3 is 12.1 Å². The Morgan fingerprint density at radius 3 is 2.41 bits per heavy atom. The molecule has 0 fully saturated rings. The molecule has 1 aliphatic heterocycles. The van der Waals surface area contributed by atoms with Gasteiger partial charge in [0.2, 0.25) is 0 Å². The summed E-state index contributed by atoms with van der Waals surface area (Å²) >= 11 is 3.27. The number of aliphatic imine (C=N–C) groups is 1. The van der Waals surface area contributed by atoms with Crippen LogP contribution >= 0.6 is 23.5 Å². The number of hydrogen-bond acceptors (Lipinski definition) is 6. The molecule has 2 unspecified atom stereocenters. The van der Waals surface area contributed by atoms with Crippen LogP contribution in [0.25, 0.3) is 0 Å². The highest BCUT2D eigenvalue weighted by Crippen LogP contribution is 2.43. The zero-order valence-corrected chi connectivity index (χ0v) is 19.6. The number of halogens is 3. The standard InChI is InChI=1S/C23H24F3NO3S2/c1-4-29-20(28)13-30-18-9-11-19(12-10-18)31-14-22(3)15(2)27-21(32-22)16-5-7-17(8-6-16)23(24,25)26/h5-12,15H,4,13-14H2,1-3H3. The zero-order valence-electron chi connectivity index (χ0n) is 17.9. The first kappa shape index (κ1) is 24.5. The van der Waals surface area contributed by atoms with Gasteiger partial charge in [-0.1, -0.05) is 23.9 Å². The second-order valence-electron chi connectivity index (χ2n) is 7.45. The molecule has 2 aromatic rings. The van der Waals surface area contributed by atoms with E-state index < -0.39 is 17.7 Å². The summed E-state index contributed by atoms with van der Waals surface area (Å²) in [5.41, 5.74) is 0.0394. The molecule has 4 nitrogen and oxygen atoms in total. The highest BCUT2D eigenvalue weighted by molar-refractivity contribution is 8.16. The fourth-order valence-corrected chi connectivity index (χ4v) is 5.50. The Kier molecular flexibility index (Phi) is 7.82. The Labute approximate surface area is 194 Å². The van der Waals surface area contributed by atoms with Gasteiger partial charge in [-0.25, -0.2) is 4.79 Å². The smallest absolute Gasteiger partial charge is 0.416 e. The van der Waals surface area contributed by atoms with Gasteiger partial charge in [0, 0.05) is 16.2 Å². The molecule has 0 aromatic heterocycles. The Morgan fingerprint density at radius 1 is 1.16 bits per heavy atom. The lowest BCUT2D eigenvalue weighted by atomic mass is 10.1. The lowest BCUT2D eigenvalue weighted by Crippen LogP contribution is -2.32. The van der Waals surface area contributed by atoms with E-state index in [-0.39, 0.29) is 17.4 Å². The first-order chi connectivity index (χ1) is 15.1. The van der Waals surface area contributed by atoms with Gasteiger partial charge in [-0.3, -0.25) is 4.99 Å². The summed E-state index contributed by atoms with van der Waals surface area (Å²) < 4.78 is 48.5. The molecule has 32 heavy (non-hydrogen) atoms. The summed E-state index contributed by atoms with van der Waals surface area (Å²) in [5, 5.41) is 0.761. The highest BCUT2D eigenvalue weighted by Gasteiger charge is 2.39. The number of hydrogen-bond donors (Lipinski definition) is 0. The maximum absolute atomic E-state index is 12.8. The highest BCUT2D eigenvalue weighted by atomic mass is 32.2. The predicted octanol–water partition coefficient (Wildman–Crippen LogP) is 6.08. The summed E-state index contributed by atoms with van der Waals surface area (Å²) in [4.78, 5) is 17.1. The van der Waals surface area contributed by atoms with E-state index in [1.54, 1.807) is 42.6 Å². The van der Waals surface area contributed by atoms with Crippen LogP contribution in [0.2, 0.25) is 0 Å². The molecular formula is C23H24F3NO3S2. The maximum Gasteiger partial charge on any atom is 0.416 e. The first-order valence-corrected chi connectivity index (χ1v) is 11.9. The quantitative estimate of drug-likeness (QED) is 0.336. The maximum atomic E-state index is 12.8. The third-order valence-electron chi connectivity index (χ3n) is 4.99. The molecule has 1 aliphatic rings. The van der Waals surface area contributed by atoms with E-state index in [4.69, 9.17) is 14.5 Å². The Hall–Kier alpha value is -2.13. The van der Waals surface area contributed by atoms with Crippen molar-refractivity contribution in [2.45, 2.75) is 42.6 Å². The molecule has 0 saturated heterocycles. The van der Waals surface area contributed by atoms with E-state index in [0.29, 0.717) is 17.9 Å². The van der Waals surface area contributed by atoms with E-state index in [0.717, 1.165) is 27.8 Å². The van der Waals surface area contributed by atoms with Crippen molar-refractivity contribution in [3.05, 3.63) is 59.7 Å². The van der Waals surface area contributed by atoms with Crippen LogP contribution in [0.3, 0.4) is 0 Å². The van der Waals surface area contributed by atoms with Crippen molar-refractivity contribution >= 4 is 34.5 Å². The van der Waals surface area contributed by atoms with Gasteiger partial charge in [-0.2, -0.15) is 13.2 Å². The number of carbonyl (C=O) groups is 1. The van der Waals surface area contributed by atoms with Gasteiger partial charge in [-0.15, -0.1) is 11.8 Å². The summed E-state index contributed by atoms with van der Waals surface area (Å²) in [6.07, 6.45) is -4.35. The molecule has 0 bridgehead atoms. The van der Waals surface area contributed by atoms with Crippen LogP contribution in [-0.2, 0) is 15.7 Å². The van der Waals surface area contributed by atoms with Crippen molar-refractivity contribution in [2.24, 2.45) is 4.99 Å². The van der Waals surface area contributed by atoms with Gasteiger partial charge in [0.15, 0.2) is 6.61 Å². The van der Waals surface area contributed by atoms with Gasteiger partial charge in [0.25, 0.3) is 0 Å². The molecular weight excluding hydrogens is 459 g/mol. The van der Waals surface area contributed by atoms with Crippen LogP contribution in [-0.4, -0.2) is 40.8 Å². The van der Waals surface area contributed by atoms with Crippen molar-refractivity contribution in [1.29, 1.82) is 0 Å². The monoisotopic (exact) mass is 483 g/mol. The molecule has 0 amide bonds. The molecule has 3 rings (SSSR count). The van der Waals surface area contributed by atoms with Crippen LogP contribution in [0, 0.1) is 0 Å². The Balaban J connectivity index is 1.56. The summed E-state index contributed by atoms with van der Waals surface area (Å²) in [5.74, 6) is 0.954. The minimum Gasteiger partial charge on any atom is -0.482 e. The number of esters is 1. The lowest BCUT2D eigenvalue weighted by Gasteiger charge is -2.26. The fraction of sp³-hybridized carbons (Fsp3) is 0.391. The van der Waals surface area contributed by atoms with Crippen LogP contribution < -0.4 is 4.74 Å². The molecule has 0 spiro atoms. The van der Waals surface area contributed by atoms with Crippen molar-refractivity contribution in [3.8, 4) is 5.75 Å². The molecule has 1 heterocycles. The number of alkyl halides is 3.